The average Bonchev–Trinajstić information content (AvgIpc) is 1.77. The first-order chi connectivity index (χ1) is 3.80. The fourth-order valence-corrected chi connectivity index (χ4v) is 1.77. The Morgan fingerprint density at radius 2 is 1.88 bits per heavy atom. The molecule has 8 heavy (non-hydrogen) atoms. The lowest BCUT2D eigenvalue weighted by Crippen LogP contribution is -2.15. The van der Waals surface area contributed by atoms with Gasteiger partial charge in [-0.25, -0.2) is 0 Å². The van der Waals surface area contributed by atoms with Crippen LogP contribution in [0, 0.1) is 5.92 Å². The van der Waals surface area contributed by atoms with Gasteiger partial charge in [-0.3, -0.25) is 0 Å². The molecule has 0 amide bonds. The molecule has 0 heterocycles. The van der Waals surface area contributed by atoms with E-state index < -0.39 is 0 Å². The lowest BCUT2D eigenvalue weighted by atomic mass is 9.90. The topological polar surface area (TPSA) is 0 Å². The summed E-state index contributed by atoms with van der Waals surface area (Å²) in [4.78, 5) is 0. The van der Waals surface area contributed by atoms with Crippen LogP contribution in [0.25, 0.3) is 0 Å². The van der Waals surface area contributed by atoms with Gasteiger partial charge in [0.1, 0.15) is 0 Å². The molecule has 48 valence electrons. The minimum Gasteiger partial charge on any atom is -0.134 e. The molecule has 1 unspecified atom stereocenters. The third-order valence-electron chi connectivity index (χ3n) is 2.18. The zero-order valence-corrected chi connectivity index (χ0v) is 6.72. The summed E-state index contributed by atoms with van der Waals surface area (Å²) in [5.41, 5.74) is 0.920. The van der Waals surface area contributed by atoms with Gasteiger partial charge >= 0.3 is 0 Å². The Hall–Kier alpha value is 0.430. The predicted octanol–water partition coefficient (Wildman–Crippen LogP) is 2.44. The van der Waals surface area contributed by atoms with Crippen LogP contribution in [0.2, 0.25) is 0 Å². The van der Waals surface area contributed by atoms with Crippen LogP contribution < -0.4 is 0 Å². The lowest BCUT2D eigenvalue weighted by Gasteiger charge is -2.24. The molecule has 0 nitrogen and oxygen atoms in total. The molecule has 1 saturated carbocycles. The van der Waals surface area contributed by atoms with Gasteiger partial charge in [-0.2, -0.15) is 0 Å². The normalized spacial score (nSPS) is 39.8. The number of rotatable bonds is 0. The molecule has 0 bridgehead atoms. The highest BCUT2D eigenvalue weighted by atomic mass is 31.0. The molecule has 1 aliphatic rings. The van der Waals surface area contributed by atoms with Crippen LogP contribution in [0.5, 0.6) is 0 Å². The first-order valence-electron chi connectivity index (χ1n) is 3.56. The Labute approximate surface area is 54.3 Å². The monoisotopic (exact) mass is 130 g/mol. The molecule has 0 aromatic carbocycles. The maximum absolute atomic E-state index is 2.95. The van der Waals surface area contributed by atoms with E-state index in [1.165, 1.54) is 25.7 Å². The number of hydrogen-bond donors (Lipinski definition) is 0. The summed E-state index contributed by atoms with van der Waals surface area (Å²) in [5.74, 6) is 0.966. The van der Waals surface area contributed by atoms with Crippen LogP contribution in [0.15, 0.2) is 0 Å². The second kappa shape index (κ2) is 2.82. The van der Waals surface area contributed by atoms with Crippen LogP contribution in [-0.2, 0) is 0 Å². The summed E-state index contributed by atoms with van der Waals surface area (Å²) in [6, 6.07) is 0. The van der Waals surface area contributed by atoms with Crippen molar-refractivity contribution in [2.45, 2.75) is 38.3 Å². The van der Waals surface area contributed by atoms with E-state index in [2.05, 4.69) is 16.2 Å². The van der Waals surface area contributed by atoms with Crippen LogP contribution in [0.4, 0.5) is 0 Å². The van der Waals surface area contributed by atoms with Crippen molar-refractivity contribution in [3.8, 4) is 0 Å². The summed E-state index contributed by atoms with van der Waals surface area (Å²) in [6.45, 7) is 2.36. The van der Waals surface area contributed by atoms with Crippen molar-refractivity contribution in [3.63, 3.8) is 0 Å². The first kappa shape index (κ1) is 6.55. The molecule has 0 N–H and O–H groups in total. The van der Waals surface area contributed by atoms with Crippen LogP contribution >= 0.6 is 9.24 Å². The van der Waals surface area contributed by atoms with E-state index in [0.29, 0.717) is 0 Å². The van der Waals surface area contributed by atoms with Gasteiger partial charge in [-0.15, -0.1) is 9.24 Å². The summed E-state index contributed by atoms with van der Waals surface area (Å²) in [7, 11) is 2.95. The molecule has 0 radical (unpaired) electrons. The molecule has 0 aromatic rings. The fourth-order valence-electron chi connectivity index (χ4n) is 1.34. The first-order valence-corrected chi connectivity index (χ1v) is 4.23. The summed E-state index contributed by atoms with van der Waals surface area (Å²) in [6.07, 6.45) is 5.81. The average molecular weight is 130 g/mol. The van der Waals surface area contributed by atoms with Gasteiger partial charge in [0.25, 0.3) is 0 Å². The van der Waals surface area contributed by atoms with Gasteiger partial charge in [0.2, 0.25) is 0 Å². The van der Waals surface area contributed by atoms with E-state index in [1.54, 1.807) is 0 Å². The molecule has 1 fully saturated rings. The third kappa shape index (κ3) is 1.45. The van der Waals surface area contributed by atoms with E-state index in [-0.39, 0.29) is 0 Å². The maximum Gasteiger partial charge on any atom is -0.0238 e. The minimum absolute atomic E-state index is 0.920. The van der Waals surface area contributed by atoms with Gasteiger partial charge in [-0.05, 0) is 18.0 Å². The fraction of sp³-hybridized carbons (Fsp3) is 1.00. The molecule has 1 aliphatic carbocycles. The maximum atomic E-state index is 2.95. The summed E-state index contributed by atoms with van der Waals surface area (Å²) < 4.78 is 0. The van der Waals surface area contributed by atoms with Crippen molar-refractivity contribution in [1.82, 2.24) is 0 Å². The SMILES string of the molecule is C[C@H]1CCCC[C@H]1P. The smallest absolute Gasteiger partial charge is 0.0238 e. The molecular formula is C7H15P. The highest BCUT2D eigenvalue weighted by molar-refractivity contribution is 7.17. The van der Waals surface area contributed by atoms with E-state index >= 15 is 0 Å². The van der Waals surface area contributed by atoms with Crippen molar-refractivity contribution in [3.05, 3.63) is 0 Å². The molecule has 0 saturated heterocycles. The van der Waals surface area contributed by atoms with Gasteiger partial charge in [0.15, 0.2) is 0 Å². The Morgan fingerprint density at radius 1 is 1.25 bits per heavy atom. The molecule has 0 aromatic heterocycles. The zero-order valence-electron chi connectivity index (χ0n) is 5.56. The van der Waals surface area contributed by atoms with Crippen molar-refractivity contribution < 1.29 is 0 Å². The Balaban J connectivity index is 2.28. The molecule has 1 rings (SSSR count). The Bertz CT molecular complexity index is 60.8. The summed E-state index contributed by atoms with van der Waals surface area (Å²) in [5, 5.41) is 0. The lowest BCUT2D eigenvalue weighted by molar-refractivity contribution is 0.397. The molecule has 0 aliphatic heterocycles. The van der Waals surface area contributed by atoms with Crippen LogP contribution in [0.3, 0.4) is 0 Å². The minimum atomic E-state index is 0.920. The standard InChI is InChI=1S/C7H15P/c1-6-4-2-3-5-7(6)8/h6-7H,2-5,8H2,1H3/t6-,7+/m0/s1. The van der Waals surface area contributed by atoms with Crippen LogP contribution in [-0.4, -0.2) is 5.66 Å². The van der Waals surface area contributed by atoms with Gasteiger partial charge in [0.05, 0.1) is 0 Å². The van der Waals surface area contributed by atoms with Gasteiger partial charge < -0.3 is 0 Å². The summed E-state index contributed by atoms with van der Waals surface area (Å²) >= 11 is 0. The molecule has 1 heteroatoms. The number of hydrogen-bond acceptors (Lipinski definition) is 0. The Kier molecular flexibility index (Phi) is 2.31. The molecular weight excluding hydrogens is 115 g/mol. The highest BCUT2D eigenvalue weighted by Crippen LogP contribution is 2.28. The van der Waals surface area contributed by atoms with Gasteiger partial charge in [0, 0.05) is 0 Å². The van der Waals surface area contributed by atoms with Crippen molar-refractivity contribution in [2.75, 3.05) is 0 Å². The Morgan fingerprint density at radius 3 is 2.25 bits per heavy atom. The quantitative estimate of drug-likeness (QED) is 0.442. The largest absolute Gasteiger partial charge is 0.134 e. The van der Waals surface area contributed by atoms with E-state index in [0.717, 1.165) is 11.6 Å². The van der Waals surface area contributed by atoms with Crippen molar-refractivity contribution in [1.29, 1.82) is 0 Å². The third-order valence-corrected chi connectivity index (χ3v) is 3.17. The highest BCUT2D eigenvalue weighted by Gasteiger charge is 2.15. The van der Waals surface area contributed by atoms with Crippen LogP contribution in [0.1, 0.15) is 32.6 Å². The predicted molar refractivity (Wildman–Crippen MR) is 41.1 cm³/mol. The molecule has 0 spiro atoms. The second-order valence-electron chi connectivity index (χ2n) is 2.93. The zero-order chi connectivity index (χ0) is 5.98. The van der Waals surface area contributed by atoms with Crippen molar-refractivity contribution >= 4 is 9.24 Å². The molecule has 3 atom stereocenters. The van der Waals surface area contributed by atoms with E-state index in [4.69, 9.17) is 0 Å². The van der Waals surface area contributed by atoms with Gasteiger partial charge in [-0.1, -0.05) is 26.2 Å². The van der Waals surface area contributed by atoms with Crippen molar-refractivity contribution in [2.24, 2.45) is 5.92 Å². The van der Waals surface area contributed by atoms with E-state index in [9.17, 15) is 0 Å². The van der Waals surface area contributed by atoms with E-state index in [1.807, 2.05) is 0 Å². The second-order valence-corrected chi connectivity index (χ2v) is 3.78.